The van der Waals surface area contributed by atoms with Crippen molar-refractivity contribution in [3.05, 3.63) is 83.1 Å². The molecule has 39 heavy (non-hydrogen) atoms. The van der Waals surface area contributed by atoms with Crippen molar-refractivity contribution >= 4 is 34.1 Å². The second-order valence-electron chi connectivity index (χ2n) is 8.61. The number of benzene rings is 2. The highest BCUT2D eigenvalue weighted by atomic mass is 32.1. The lowest BCUT2D eigenvalue weighted by Gasteiger charge is -2.38. The lowest BCUT2D eigenvalue weighted by atomic mass is 10.0. The smallest absolute Gasteiger partial charge is 0.475 e. The van der Waals surface area contributed by atoms with Crippen molar-refractivity contribution in [2.45, 2.75) is 24.6 Å². The number of nitrogens with zero attached hydrogens (tertiary/aromatic N) is 2. The number of halogens is 5. The zero-order chi connectivity index (χ0) is 28.2. The molecule has 1 saturated heterocycles. The van der Waals surface area contributed by atoms with Crippen LogP contribution < -0.4 is 4.74 Å². The molecule has 1 aliphatic heterocycles. The van der Waals surface area contributed by atoms with E-state index in [2.05, 4.69) is 4.98 Å². The average Bonchev–Trinajstić information content (AvgIpc) is 3.45. The summed E-state index contributed by atoms with van der Waals surface area (Å²) in [6.45, 7) is -0.234. The first-order valence-electron chi connectivity index (χ1n) is 11.6. The molecule has 204 valence electrons. The van der Waals surface area contributed by atoms with Crippen LogP contribution in [0.1, 0.15) is 16.8 Å². The molecule has 1 atom stereocenters. The summed E-state index contributed by atoms with van der Waals surface area (Å²) in [4.78, 5) is 27.8. The minimum absolute atomic E-state index is 0.0283. The van der Waals surface area contributed by atoms with E-state index >= 15 is 0 Å². The topological polar surface area (TPSA) is 79.7 Å². The van der Waals surface area contributed by atoms with Gasteiger partial charge in [-0.3, -0.25) is 4.79 Å². The number of hydrogen-bond acceptors (Lipinski definition) is 5. The number of carbonyl (C=O) groups excluding carboxylic acids is 1. The van der Waals surface area contributed by atoms with Crippen LogP contribution in [0.15, 0.2) is 77.5 Å². The van der Waals surface area contributed by atoms with E-state index in [0.29, 0.717) is 11.1 Å². The van der Waals surface area contributed by atoms with Crippen LogP contribution in [0, 0.1) is 0 Å². The van der Waals surface area contributed by atoms with Gasteiger partial charge in [-0.15, -0.1) is 0 Å². The van der Waals surface area contributed by atoms with Crippen LogP contribution in [-0.2, 0) is 4.79 Å². The van der Waals surface area contributed by atoms with Crippen molar-refractivity contribution in [3.8, 4) is 17.0 Å². The number of carbonyl (C=O) groups is 2. The van der Waals surface area contributed by atoms with Crippen molar-refractivity contribution in [1.29, 1.82) is 0 Å². The summed E-state index contributed by atoms with van der Waals surface area (Å²) in [6, 6.07) is 20.0. The third-order valence-electron chi connectivity index (χ3n) is 5.90. The molecule has 1 amide bonds. The minimum atomic E-state index is -5.08. The van der Waals surface area contributed by atoms with Crippen LogP contribution >= 0.6 is 11.3 Å². The van der Waals surface area contributed by atoms with Gasteiger partial charge in [0.2, 0.25) is 5.88 Å². The summed E-state index contributed by atoms with van der Waals surface area (Å²) in [6.07, 6.45) is -7.00. The van der Waals surface area contributed by atoms with Gasteiger partial charge in [0.1, 0.15) is 0 Å². The molecule has 6 nitrogen and oxygen atoms in total. The molecule has 0 saturated carbocycles. The van der Waals surface area contributed by atoms with E-state index < -0.39 is 30.6 Å². The lowest BCUT2D eigenvalue weighted by molar-refractivity contribution is -0.192. The van der Waals surface area contributed by atoms with Crippen LogP contribution in [0.25, 0.3) is 22.0 Å². The molecule has 0 aliphatic carbocycles. The number of alkyl halides is 5. The molecular formula is C27H21F5N2O4S. The molecule has 0 radical (unpaired) electrons. The minimum Gasteiger partial charge on any atom is -0.475 e. The molecule has 3 heterocycles. The SMILES string of the molecule is O=C(O)C(F)(F)F.O=C(c1cccc(-c2ccsc2)c1)N1CCC(F)(F)C(Oc2ccc3ccccc3n2)C1. The normalized spacial score (nSPS) is 16.7. The molecule has 2 aromatic carbocycles. The number of likely N-dealkylation sites (tertiary alicyclic amines) is 1. The van der Waals surface area contributed by atoms with E-state index in [1.807, 2.05) is 47.2 Å². The van der Waals surface area contributed by atoms with Crippen molar-refractivity contribution in [1.82, 2.24) is 9.88 Å². The zero-order valence-corrected chi connectivity index (χ0v) is 20.9. The summed E-state index contributed by atoms with van der Waals surface area (Å²) in [5, 5.41) is 12.0. The van der Waals surface area contributed by atoms with Crippen LogP contribution in [-0.4, -0.2) is 58.2 Å². The Balaban J connectivity index is 0.000000448. The third kappa shape index (κ3) is 6.88. The summed E-state index contributed by atoms with van der Waals surface area (Å²) in [5.41, 5.74) is 3.09. The van der Waals surface area contributed by atoms with Gasteiger partial charge in [-0.05, 0) is 52.2 Å². The number of fused-ring (bicyclic) bond motifs is 1. The van der Waals surface area contributed by atoms with Crippen molar-refractivity contribution < 1.29 is 41.4 Å². The number of ether oxygens (including phenoxy) is 1. The Morgan fingerprint density at radius 1 is 1.03 bits per heavy atom. The number of carboxylic acid groups (broad SMARTS) is 1. The van der Waals surface area contributed by atoms with Crippen molar-refractivity contribution in [3.63, 3.8) is 0 Å². The molecule has 0 bridgehead atoms. The van der Waals surface area contributed by atoms with Crippen LogP contribution in [0.2, 0.25) is 0 Å². The molecule has 2 aromatic heterocycles. The van der Waals surface area contributed by atoms with Crippen molar-refractivity contribution in [2.24, 2.45) is 0 Å². The lowest BCUT2D eigenvalue weighted by Crippen LogP contribution is -2.55. The first kappa shape index (κ1) is 28.0. The molecule has 5 rings (SSSR count). The Morgan fingerprint density at radius 2 is 1.77 bits per heavy atom. The fraction of sp³-hybridized carbons (Fsp3) is 0.222. The Kier molecular flexibility index (Phi) is 8.14. The van der Waals surface area contributed by atoms with Gasteiger partial charge in [-0.25, -0.2) is 18.6 Å². The Hall–Kier alpha value is -4.06. The van der Waals surface area contributed by atoms with E-state index in [4.69, 9.17) is 14.6 Å². The van der Waals surface area contributed by atoms with Gasteiger partial charge < -0.3 is 14.7 Å². The van der Waals surface area contributed by atoms with Gasteiger partial charge in [-0.1, -0.05) is 30.3 Å². The van der Waals surface area contributed by atoms with Gasteiger partial charge in [0.15, 0.2) is 6.10 Å². The largest absolute Gasteiger partial charge is 0.490 e. The number of hydrogen-bond donors (Lipinski definition) is 1. The maximum atomic E-state index is 14.7. The molecule has 1 unspecified atom stereocenters. The molecular weight excluding hydrogens is 543 g/mol. The highest BCUT2D eigenvalue weighted by Gasteiger charge is 2.47. The van der Waals surface area contributed by atoms with Crippen LogP contribution in [0.3, 0.4) is 0 Å². The second kappa shape index (κ2) is 11.4. The molecule has 12 heteroatoms. The third-order valence-corrected chi connectivity index (χ3v) is 6.59. The molecule has 0 spiro atoms. The monoisotopic (exact) mass is 564 g/mol. The Labute approximate surface area is 223 Å². The van der Waals surface area contributed by atoms with E-state index in [1.54, 1.807) is 41.7 Å². The average molecular weight is 565 g/mol. The first-order chi connectivity index (χ1) is 18.4. The number of thiophene rings is 1. The number of aliphatic carboxylic acids is 1. The summed E-state index contributed by atoms with van der Waals surface area (Å²) >= 11 is 1.58. The highest BCUT2D eigenvalue weighted by molar-refractivity contribution is 7.08. The molecule has 1 fully saturated rings. The van der Waals surface area contributed by atoms with Gasteiger partial charge in [0.25, 0.3) is 11.8 Å². The number of piperidine rings is 1. The maximum Gasteiger partial charge on any atom is 0.490 e. The summed E-state index contributed by atoms with van der Waals surface area (Å²) < 4.78 is 66.7. The number of carboxylic acids is 1. The van der Waals surface area contributed by atoms with Gasteiger partial charge in [-0.2, -0.15) is 24.5 Å². The maximum absolute atomic E-state index is 14.7. The second-order valence-corrected chi connectivity index (χ2v) is 9.39. The fourth-order valence-electron chi connectivity index (χ4n) is 3.88. The van der Waals surface area contributed by atoms with E-state index in [9.17, 15) is 26.7 Å². The Bertz CT molecular complexity index is 1460. The molecule has 4 aromatic rings. The number of aromatic nitrogens is 1. The van der Waals surface area contributed by atoms with Gasteiger partial charge in [0.05, 0.1) is 12.1 Å². The standard InChI is InChI=1S/C25H20F2N2O2S.C2HF3O2/c26-25(27)11-12-29(24(30)19-6-3-5-18(14-19)20-10-13-32-16-20)15-22(25)31-23-9-8-17-4-1-2-7-21(17)28-23;3-2(4,5)1(6)7/h1-10,13-14,16,22H,11-12,15H2;(H,6,7). The van der Waals surface area contributed by atoms with Crippen LogP contribution in [0.4, 0.5) is 22.0 Å². The van der Waals surface area contributed by atoms with E-state index in [1.165, 1.54) is 4.90 Å². The van der Waals surface area contributed by atoms with Crippen LogP contribution in [0.5, 0.6) is 5.88 Å². The van der Waals surface area contributed by atoms with E-state index in [0.717, 1.165) is 16.5 Å². The van der Waals surface area contributed by atoms with E-state index in [-0.39, 0.29) is 24.9 Å². The molecule has 1 aliphatic rings. The number of pyridine rings is 1. The number of amides is 1. The Morgan fingerprint density at radius 3 is 2.46 bits per heavy atom. The number of para-hydroxylation sites is 1. The summed E-state index contributed by atoms with van der Waals surface area (Å²) in [5.74, 6) is -5.96. The quantitative estimate of drug-likeness (QED) is 0.286. The van der Waals surface area contributed by atoms with Crippen molar-refractivity contribution in [2.75, 3.05) is 13.1 Å². The number of rotatable bonds is 4. The fourth-order valence-corrected chi connectivity index (χ4v) is 4.54. The first-order valence-corrected chi connectivity index (χ1v) is 12.5. The van der Waals surface area contributed by atoms with Gasteiger partial charge >= 0.3 is 12.1 Å². The molecule has 1 N–H and O–H groups in total. The predicted molar refractivity (Wildman–Crippen MR) is 135 cm³/mol. The predicted octanol–water partition coefficient (Wildman–Crippen LogP) is 6.53. The van der Waals surface area contributed by atoms with Gasteiger partial charge in [0, 0.05) is 30.0 Å². The zero-order valence-electron chi connectivity index (χ0n) is 20.1. The summed E-state index contributed by atoms with van der Waals surface area (Å²) in [7, 11) is 0. The highest BCUT2D eigenvalue weighted by Crippen LogP contribution is 2.33.